The number of Topliss-reactive ketones (excluding diaryl/α,β-unsaturated/α-hetero) is 1. The zero-order chi connectivity index (χ0) is 9.10. The van der Waals surface area contributed by atoms with Crippen molar-refractivity contribution >= 4 is 5.78 Å². The van der Waals surface area contributed by atoms with Gasteiger partial charge in [0.1, 0.15) is 5.78 Å². The summed E-state index contributed by atoms with van der Waals surface area (Å²) < 4.78 is 5.73. The van der Waals surface area contributed by atoms with Crippen LogP contribution in [0.3, 0.4) is 0 Å². The standard InChI is InChI=1S/C11H18O2/c12-10-3-5-11(6-4-10)13-8-7-9-1-2-9/h9,11H,1-8H2. The number of hydrogen-bond acceptors (Lipinski definition) is 2. The Labute approximate surface area is 79.7 Å². The largest absolute Gasteiger partial charge is 0.378 e. The topological polar surface area (TPSA) is 26.3 Å². The van der Waals surface area contributed by atoms with Crippen LogP contribution in [0.2, 0.25) is 0 Å². The van der Waals surface area contributed by atoms with Crippen LogP contribution >= 0.6 is 0 Å². The summed E-state index contributed by atoms with van der Waals surface area (Å²) in [5.74, 6) is 1.38. The van der Waals surface area contributed by atoms with E-state index < -0.39 is 0 Å². The number of carbonyl (C=O) groups excluding carboxylic acids is 1. The van der Waals surface area contributed by atoms with Crippen LogP contribution in [-0.2, 0) is 9.53 Å². The molecule has 0 spiro atoms. The summed E-state index contributed by atoms with van der Waals surface area (Å²) in [7, 11) is 0. The molecule has 0 aromatic rings. The van der Waals surface area contributed by atoms with Crippen LogP contribution in [-0.4, -0.2) is 18.5 Å². The van der Waals surface area contributed by atoms with Gasteiger partial charge in [0.2, 0.25) is 0 Å². The fourth-order valence-corrected chi connectivity index (χ4v) is 1.89. The average Bonchev–Trinajstić information content (AvgIpc) is 2.92. The molecule has 2 fully saturated rings. The fraction of sp³-hybridized carbons (Fsp3) is 0.909. The molecule has 0 saturated heterocycles. The van der Waals surface area contributed by atoms with Crippen molar-refractivity contribution in [2.75, 3.05) is 6.61 Å². The van der Waals surface area contributed by atoms with Crippen LogP contribution in [0.4, 0.5) is 0 Å². The molecule has 2 aliphatic carbocycles. The van der Waals surface area contributed by atoms with Crippen LogP contribution in [0.25, 0.3) is 0 Å². The van der Waals surface area contributed by atoms with Gasteiger partial charge in [-0.25, -0.2) is 0 Å². The quantitative estimate of drug-likeness (QED) is 0.667. The van der Waals surface area contributed by atoms with E-state index in [1.54, 1.807) is 0 Å². The first kappa shape index (κ1) is 9.20. The van der Waals surface area contributed by atoms with Gasteiger partial charge in [0, 0.05) is 19.4 Å². The van der Waals surface area contributed by atoms with Gasteiger partial charge in [-0.05, 0) is 25.2 Å². The second-order valence-corrected chi connectivity index (χ2v) is 4.34. The van der Waals surface area contributed by atoms with Crippen LogP contribution in [0.1, 0.15) is 44.9 Å². The first-order chi connectivity index (χ1) is 6.34. The highest BCUT2D eigenvalue weighted by atomic mass is 16.5. The molecule has 0 aromatic carbocycles. The summed E-state index contributed by atoms with van der Waals surface area (Å²) in [6, 6.07) is 0. The maximum absolute atomic E-state index is 10.9. The zero-order valence-corrected chi connectivity index (χ0v) is 8.13. The number of ether oxygens (including phenoxy) is 1. The van der Waals surface area contributed by atoms with E-state index in [9.17, 15) is 4.79 Å². The van der Waals surface area contributed by atoms with E-state index in [0.717, 1.165) is 38.2 Å². The van der Waals surface area contributed by atoms with E-state index in [-0.39, 0.29) is 0 Å². The summed E-state index contributed by atoms with van der Waals surface area (Å²) >= 11 is 0. The van der Waals surface area contributed by atoms with Crippen molar-refractivity contribution in [1.29, 1.82) is 0 Å². The second kappa shape index (κ2) is 4.23. The average molecular weight is 182 g/mol. The Morgan fingerprint density at radius 3 is 2.46 bits per heavy atom. The fourth-order valence-electron chi connectivity index (χ4n) is 1.89. The van der Waals surface area contributed by atoms with Crippen LogP contribution in [0.5, 0.6) is 0 Å². The molecule has 2 aliphatic rings. The Morgan fingerprint density at radius 2 is 1.85 bits per heavy atom. The molecule has 0 N–H and O–H groups in total. The Bertz CT molecular complexity index is 175. The lowest BCUT2D eigenvalue weighted by Gasteiger charge is -2.21. The summed E-state index contributed by atoms with van der Waals surface area (Å²) in [6.07, 6.45) is 7.86. The predicted molar refractivity (Wildman–Crippen MR) is 50.6 cm³/mol. The minimum absolute atomic E-state index is 0.386. The first-order valence-corrected chi connectivity index (χ1v) is 5.48. The Balaban J connectivity index is 1.56. The maximum Gasteiger partial charge on any atom is 0.133 e. The van der Waals surface area contributed by atoms with E-state index in [4.69, 9.17) is 4.74 Å². The molecule has 0 amide bonds. The van der Waals surface area contributed by atoms with E-state index in [0.29, 0.717) is 11.9 Å². The molecular weight excluding hydrogens is 164 g/mol. The summed E-state index contributed by atoms with van der Waals surface area (Å²) in [5.41, 5.74) is 0. The smallest absolute Gasteiger partial charge is 0.133 e. The van der Waals surface area contributed by atoms with Crippen LogP contribution < -0.4 is 0 Å². The molecule has 2 heteroatoms. The first-order valence-electron chi connectivity index (χ1n) is 5.48. The Kier molecular flexibility index (Phi) is 2.99. The minimum atomic E-state index is 0.386. The highest BCUT2D eigenvalue weighted by molar-refractivity contribution is 5.79. The van der Waals surface area contributed by atoms with Crippen molar-refractivity contribution in [3.63, 3.8) is 0 Å². The van der Waals surface area contributed by atoms with Gasteiger partial charge in [0.25, 0.3) is 0 Å². The SMILES string of the molecule is O=C1CCC(OCCC2CC2)CC1. The molecule has 74 valence electrons. The normalized spacial score (nSPS) is 25.1. The van der Waals surface area contributed by atoms with E-state index in [1.807, 2.05) is 0 Å². The monoisotopic (exact) mass is 182 g/mol. The molecule has 0 bridgehead atoms. The van der Waals surface area contributed by atoms with Crippen LogP contribution in [0.15, 0.2) is 0 Å². The number of ketones is 1. The minimum Gasteiger partial charge on any atom is -0.378 e. The van der Waals surface area contributed by atoms with Crippen molar-refractivity contribution in [2.45, 2.75) is 51.0 Å². The van der Waals surface area contributed by atoms with E-state index in [2.05, 4.69) is 0 Å². The molecular formula is C11H18O2. The van der Waals surface area contributed by atoms with Crippen molar-refractivity contribution < 1.29 is 9.53 Å². The van der Waals surface area contributed by atoms with Gasteiger partial charge in [-0.15, -0.1) is 0 Å². The van der Waals surface area contributed by atoms with Gasteiger partial charge in [-0.2, -0.15) is 0 Å². The molecule has 0 unspecified atom stereocenters. The van der Waals surface area contributed by atoms with E-state index in [1.165, 1.54) is 19.3 Å². The van der Waals surface area contributed by atoms with Gasteiger partial charge in [0.15, 0.2) is 0 Å². The molecule has 13 heavy (non-hydrogen) atoms. The molecule has 0 aromatic heterocycles. The lowest BCUT2D eigenvalue weighted by Crippen LogP contribution is -2.21. The van der Waals surface area contributed by atoms with Crippen molar-refractivity contribution in [2.24, 2.45) is 5.92 Å². The Hall–Kier alpha value is -0.370. The van der Waals surface area contributed by atoms with Crippen molar-refractivity contribution in [3.05, 3.63) is 0 Å². The summed E-state index contributed by atoms with van der Waals surface area (Å²) in [6.45, 7) is 0.920. The highest BCUT2D eigenvalue weighted by Crippen LogP contribution is 2.32. The van der Waals surface area contributed by atoms with Crippen molar-refractivity contribution in [3.8, 4) is 0 Å². The Morgan fingerprint density at radius 1 is 1.15 bits per heavy atom. The number of hydrogen-bond donors (Lipinski definition) is 0. The van der Waals surface area contributed by atoms with Crippen LogP contribution in [0, 0.1) is 5.92 Å². The lowest BCUT2D eigenvalue weighted by molar-refractivity contribution is -0.123. The van der Waals surface area contributed by atoms with Gasteiger partial charge in [-0.1, -0.05) is 12.8 Å². The van der Waals surface area contributed by atoms with Gasteiger partial charge < -0.3 is 4.74 Å². The zero-order valence-electron chi connectivity index (χ0n) is 8.13. The van der Waals surface area contributed by atoms with Gasteiger partial charge in [-0.3, -0.25) is 4.79 Å². The second-order valence-electron chi connectivity index (χ2n) is 4.34. The number of rotatable bonds is 4. The maximum atomic E-state index is 10.9. The van der Waals surface area contributed by atoms with Gasteiger partial charge in [0.05, 0.1) is 6.10 Å². The van der Waals surface area contributed by atoms with Crippen molar-refractivity contribution in [1.82, 2.24) is 0 Å². The van der Waals surface area contributed by atoms with E-state index >= 15 is 0 Å². The summed E-state index contributed by atoms with van der Waals surface area (Å²) in [4.78, 5) is 10.9. The third-order valence-corrected chi connectivity index (χ3v) is 3.07. The molecule has 0 heterocycles. The predicted octanol–water partition coefficient (Wildman–Crippen LogP) is 2.31. The highest BCUT2D eigenvalue weighted by Gasteiger charge is 2.23. The molecule has 2 nitrogen and oxygen atoms in total. The molecule has 2 saturated carbocycles. The molecule has 0 atom stereocenters. The van der Waals surface area contributed by atoms with Gasteiger partial charge >= 0.3 is 0 Å². The summed E-state index contributed by atoms with van der Waals surface area (Å²) in [5, 5.41) is 0. The lowest BCUT2D eigenvalue weighted by atomic mass is 9.96. The molecule has 2 rings (SSSR count). The third-order valence-electron chi connectivity index (χ3n) is 3.07. The number of carbonyl (C=O) groups is 1. The molecule has 0 aliphatic heterocycles. The molecule has 0 radical (unpaired) electrons. The third kappa shape index (κ3) is 3.11.